The van der Waals surface area contributed by atoms with Crippen LogP contribution in [0.15, 0.2) is 0 Å². The molecule has 0 aromatic carbocycles. The van der Waals surface area contributed by atoms with Gasteiger partial charge in [0, 0.05) is 7.11 Å². The molecule has 0 aliphatic carbocycles. The molecular formula is C4H15N4OS+. The van der Waals surface area contributed by atoms with E-state index in [1.165, 1.54) is 0 Å². The summed E-state index contributed by atoms with van der Waals surface area (Å²) in [6.07, 6.45) is -0.0994. The Hall–Kier alpha value is 0.150. The molecule has 10 heavy (non-hydrogen) atoms. The van der Waals surface area contributed by atoms with Gasteiger partial charge in [-0.15, -0.1) is 5.14 Å². The van der Waals surface area contributed by atoms with Crippen LogP contribution in [0.2, 0.25) is 0 Å². The third kappa shape index (κ3) is 6.27. The van der Waals surface area contributed by atoms with Gasteiger partial charge in [-0.2, -0.15) is 0 Å². The highest BCUT2D eigenvalue weighted by Crippen LogP contribution is 1.73. The summed E-state index contributed by atoms with van der Waals surface area (Å²) < 4.78 is 10.5. The molecule has 5 nitrogen and oxygen atoms in total. The van der Waals surface area contributed by atoms with Gasteiger partial charge >= 0.3 is 0 Å². The maximum atomic E-state index is 5.51. The number of rotatable bonds is 5. The highest BCUT2D eigenvalue weighted by Gasteiger charge is 2.12. The van der Waals surface area contributed by atoms with Crippen molar-refractivity contribution in [3.63, 3.8) is 0 Å². The van der Waals surface area contributed by atoms with Gasteiger partial charge in [0.1, 0.15) is 12.9 Å². The van der Waals surface area contributed by atoms with Crippen LogP contribution in [0.25, 0.3) is 0 Å². The monoisotopic (exact) mass is 167 g/mol. The molecule has 0 aromatic rings. The quantitative estimate of drug-likeness (QED) is 0.292. The summed E-state index contributed by atoms with van der Waals surface area (Å²) in [4.78, 5) is 0. The van der Waals surface area contributed by atoms with Crippen LogP contribution in [0.1, 0.15) is 6.92 Å². The number of ether oxygens (including phenoxy) is 1. The van der Waals surface area contributed by atoms with Crippen LogP contribution in [0, 0.1) is 0 Å². The lowest BCUT2D eigenvalue weighted by Gasteiger charge is -2.04. The van der Waals surface area contributed by atoms with Crippen molar-refractivity contribution in [2.45, 2.75) is 13.1 Å². The molecule has 62 valence electrons. The third-order valence-electron chi connectivity index (χ3n) is 0.672. The molecular weight excluding hydrogens is 152 g/mol. The summed E-state index contributed by atoms with van der Waals surface area (Å²) in [5.74, 6) is 0. The second-order valence-electron chi connectivity index (χ2n) is 1.82. The minimum Gasteiger partial charge on any atom is -0.365 e. The lowest BCUT2D eigenvalue weighted by atomic mass is 10.7. The van der Waals surface area contributed by atoms with E-state index in [2.05, 4.69) is 9.44 Å². The molecule has 6 N–H and O–H groups in total. The lowest BCUT2D eigenvalue weighted by Crippen LogP contribution is -2.50. The van der Waals surface area contributed by atoms with Gasteiger partial charge in [-0.3, -0.25) is 0 Å². The zero-order valence-corrected chi connectivity index (χ0v) is 7.07. The molecule has 0 heterocycles. The number of methoxy groups -OCH3 is 1. The molecule has 0 radical (unpaired) electrons. The normalized spacial score (nSPS) is 16.8. The van der Waals surface area contributed by atoms with E-state index in [1.54, 1.807) is 7.11 Å². The number of hydrogen-bond acceptors (Lipinski definition) is 5. The van der Waals surface area contributed by atoms with E-state index in [4.69, 9.17) is 15.6 Å². The largest absolute Gasteiger partial charge is 0.365 e. The summed E-state index contributed by atoms with van der Waals surface area (Å²) in [6.45, 7) is 2.25. The molecule has 0 saturated heterocycles. The van der Waals surface area contributed by atoms with Gasteiger partial charge in [-0.25, -0.2) is 0 Å². The zero-order chi connectivity index (χ0) is 7.98. The first-order valence-electron chi connectivity index (χ1n) is 2.89. The fourth-order valence-corrected chi connectivity index (χ4v) is 1.09. The SMILES string of the molecule is COCN[S+](N)NC(C)N. The minimum atomic E-state index is -0.550. The molecule has 0 aliphatic rings. The lowest BCUT2D eigenvalue weighted by molar-refractivity contribution is 0.196. The molecule has 2 atom stereocenters. The molecule has 2 unspecified atom stereocenters. The van der Waals surface area contributed by atoms with Crippen LogP contribution >= 0.6 is 0 Å². The number of nitrogens with one attached hydrogen (secondary N) is 2. The van der Waals surface area contributed by atoms with Gasteiger partial charge in [0.25, 0.3) is 11.5 Å². The third-order valence-corrected chi connectivity index (χ3v) is 1.73. The van der Waals surface area contributed by atoms with E-state index in [9.17, 15) is 0 Å². The average Bonchev–Trinajstić information content (AvgIpc) is 1.82. The van der Waals surface area contributed by atoms with Crippen molar-refractivity contribution in [1.82, 2.24) is 9.44 Å². The van der Waals surface area contributed by atoms with Gasteiger partial charge in [0.05, 0.1) is 0 Å². The van der Waals surface area contributed by atoms with Crippen molar-refractivity contribution in [3.8, 4) is 0 Å². The van der Waals surface area contributed by atoms with Gasteiger partial charge < -0.3 is 10.5 Å². The summed E-state index contributed by atoms with van der Waals surface area (Å²) >= 11 is -0.550. The number of hydrogen-bond donors (Lipinski definition) is 4. The zero-order valence-electron chi connectivity index (χ0n) is 6.26. The summed E-state index contributed by atoms with van der Waals surface area (Å²) in [5, 5.41) is 5.51. The van der Waals surface area contributed by atoms with Crippen molar-refractivity contribution in [2.24, 2.45) is 10.9 Å². The minimum absolute atomic E-state index is 0.0994. The van der Waals surface area contributed by atoms with Crippen LogP contribution in [0.3, 0.4) is 0 Å². The predicted octanol–water partition coefficient (Wildman–Crippen LogP) is -1.60. The van der Waals surface area contributed by atoms with Crippen LogP contribution in [-0.4, -0.2) is 20.0 Å². The molecule has 6 heteroatoms. The van der Waals surface area contributed by atoms with Gasteiger partial charge in [0.2, 0.25) is 0 Å². The van der Waals surface area contributed by atoms with Crippen LogP contribution in [0.5, 0.6) is 0 Å². The maximum Gasteiger partial charge on any atom is 0.260 e. The van der Waals surface area contributed by atoms with Gasteiger partial charge in [0.15, 0.2) is 0 Å². The van der Waals surface area contributed by atoms with Crippen molar-refractivity contribution in [3.05, 3.63) is 0 Å². The Bertz CT molecular complexity index is 81.7. The van der Waals surface area contributed by atoms with Crippen molar-refractivity contribution in [1.29, 1.82) is 0 Å². The molecule has 0 spiro atoms. The van der Waals surface area contributed by atoms with E-state index in [0.29, 0.717) is 6.73 Å². The predicted molar refractivity (Wildman–Crippen MR) is 43.3 cm³/mol. The first kappa shape index (κ1) is 10.2. The van der Waals surface area contributed by atoms with Crippen LogP contribution in [0.4, 0.5) is 0 Å². The highest BCUT2D eigenvalue weighted by molar-refractivity contribution is 7.90. The molecule has 0 fully saturated rings. The second kappa shape index (κ2) is 5.90. The Morgan fingerprint density at radius 2 is 2.30 bits per heavy atom. The Morgan fingerprint density at radius 1 is 1.70 bits per heavy atom. The average molecular weight is 167 g/mol. The fraction of sp³-hybridized carbons (Fsp3) is 1.00. The molecule has 0 aliphatic heterocycles. The Labute approximate surface area is 64.2 Å². The van der Waals surface area contributed by atoms with Crippen molar-refractivity contribution in [2.75, 3.05) is 13.8 Å². The van der Waals surface area contributed by atoms with Crippen molar-refractivity contribution < 1.29 is 4.74 Å². The van der Waals surface area contributed by atoms with E-state index in [-0.39, 0.29) is 6.17 Å². The van der Waals surface area contributed by atoms with Gasteiger partial charge in [-0.05, 0) is 6.92 Å². The van der Waals surface area contributed by atoms with E-state index >= 15 is 0 Å². The maximum absolute atomic E-state index is 5.51. The Kier molecular flexibility index (Phi) is 5.99. The molecule has 0 aromatic heterocycles. The molecule has 0 bridgehead atoms. The first-order valence-corrected chi connectivity index (χ1v) is 4.18. The van der Waals surface area contributed by atoms with Gasteiger partial charge in [-0.1, -0.05) is 9.44 Å². The second-order valence-corrected chi connectivity index (χ2v) is 3.02. The van der Waals surface area contributed by atoms with E-state index < -0.39 is 11.5 Å². The number of nitrogens with two attached hydrogens (primary N) is 2. The summed E-state index contributed by atoms with van der Waals surface area (Å²) in [6, 6.07) is 0. The Balaban J connectivity index is 3.16. The molecule has 0 rings (SSSR count). The molecule has 0 amide bonds. The van der Waals surface area contributed by atoms with Crippen LogP contribution < -0.4 is 20.3 Å². The van der Waals surface area contributed by atoms with Crippen molar-refractivity contribution >= 4 is 11.5 Å². The highest BCUT2D eigenvalue weighted by atomic mass is 32.2. The standard InChI is InChI=1S/C4H15N4OS/c1-4(5)8-10(6)7-3-9-2/h4,7-8H,3,5-6H2,1-2H3/q+1. The topological polar surface area (TPSA) is 85.3 Å². The summed E-state index contributed by atoms with van der Waals surface area (Å²) in [7, 11) is 1.59. The van der Waals surface area contributed by atoms with E-state index in [1.807, 2.05) is 6.92 Å². The molecule has 0 saturated carbocycles. The summed E-state index contributed by atoms with van der Waals surface area (Å²) in [5.41, 5.74) is 5.40. The Morgan fingerprint density at radius 3 is 2.70 bits per heavy atom. The smallest absolute Gasteiger partial charge is 0.260 e. The fourth-order valence-electron chi connectivity index (χ4n) is 0.364. The van der Waals surface area contributed by atoms with Crippen LogP contribution in [-0.2, 0) is 16.2 Å². The van der Waals surface area contributed by atoms with E-state index in [0.717, 1.165) is 0 Å². The first-order chi connectivity index (χ1) is 4.66.